The lowest BCUT2D eigenvalue weighted by atomic mass is 10.2. The van der Waals surface area contributed by atoms with Crippen molar-refractivity contribution in [3.05, 3.63) is 41.6 Å². The van der Waals surface area contributed by atoms with Crippen LogP contribution in [0.25, 0.3) is 11.6 Å². The number of nitrogens with zero attached hydrogens (tertiary/aromatic N) is 4. The van der Waals surface area contributed by atoms with Crippen molar-refractivity contribution in [1.29, 1.82) is 0 Å². The fraction of sp³-hybridized carbons (Fsp3) is 0.250. The zero-order valence-corrected chi connectivity index (χ0v) is 14.4. The Bertz CT molecular complexity index is 871. The van der Waals surface area contributed by atoms with E-state index in [0.29, 0.717) is 17.1 Å². The Balaban J connectivity index is 1.76. The molecule has 124 valence electrons. The molecule has 0 atom stereocenters. The highest BCUT2D eigenvalue weighted by Gasteiger charge is 2.15. The van der Waals surface area contributed by atoms with E-state index < -0.39 is 0 Å². The summed E-state index contributed by atoms with van der Waals surface area (Å²) >= 11 is 1.68. The van der Waals surface area contributed by atoms with E-state index in [1.54, 1.807) is 29.6 Å². The zero-order valence-electron chi connectivity index (χ0n) is 13.6. The molecule has 2 aromatic heterocycles. The summed E-state index contributed by atoms with van der Waals surface area (Å²) in [5.74, 6) is 0.969. The molecule has 1 amide bonds. The van der Waals surface area contributed by atoms with Crippen LogP contribution in [0.4, 0.5) is 6.01 Å². The Kier molecular flexibility index (Phi) is 4.66. The number of carbonyl (C=O) groups excluding carboxylic acids is 1. The summed E-state index contributed by atoms with van der Waals surface area (Å²) in [5.41, 5.74) is 2.09. The number of rotatable bonds is 5. The Hall–Kier alpha value is -2.61. The van der Waals surface area contributed by atoms with Gasteiger partial charge < -0.3 is 4.42 Å². The van der Waals surface area contributed by atoms with Crippen LogP contribution in [-0.4, -0.2) is 31.6 Å². The first-order valence-electron chi connectivity index (χ1n) is 7.45. The van der Waals surface area contributed by atoms with E-state index in [1.807, 2.05) is 31.2 Å². The summed E-state index contributed by atoms with van der Waals surface area (Å²) in [5, 5.41) is 14.7. The van der Waals surface area contributed by atoms with Gasteiger partial charge >= 0.3 is 6.01 Å². The average Bonchev–Trinajstić information content (AvgIpc) is 3.14. The minimum Gasteiger partial charge on any atom is -0.401 e. The predicted molar refractivity (Wildman–Crippen MR) is 92.0 cm³/mol. The normalized spacial score (nSPS) is 10.8. The average molecular weight is 343 g/mol. The molecular formula is C16H17N5O2S. The number of nitrogens with one attached hydrogen (secondary N) is 1. The number of amides is 1. The summed E-state index contributed by atoms with van der Waals surface area (Å²) in [6.45, 7) is 3.95. The summed E-state index contributed by atoms with van der Waals surface area (Å²) in [6, 6.07) is 9.31. The zero-order chi connectivity index (χ0) is 17.1. The van der Waals surface area contributed by atoms with Gasteiger partial charge in [0.05, 0.1) is 5.69 Å². The van der Waals surface area contributed by atoms with Gasteiger partial charge in [-0.05, 0) is 36.9 Å². The third kappa shape index (κ3) is 3.48. The number of aromatic nitrogens is 4. The molecular weight excluding hydrogens is 326 g/mol. The lowest BCUT2D eigenvalue weighted by Crippen LogP contribution is -2.12. The van der Waals surface area contributed by atoms with E-state index in [4.69, 9.17) is 4.42 Å². The van der Waals surface area contributed by atoms with Gasteiger partial charge in [0.2, 0.25) is 0 Å². The van der Waals surface area contributed by atoms with Gasteiger partial charge in [0.25, 0.3) is 11.8 Å². The number of thioether (sulfide) groups is 1. The number of hydrogen-bond acceptors (Lipinski definition) is 6. The lowest BCUT2D eigenvalue weighted by Gasteiger charge is -2.03. The van der Waals surface area contributed by atoms with Crippen molar-refractivity contribution in [3.63, 3.8) is 0 Å². The van der Waals surface area contributed by atoms with Crippen molar-refractivity contribution < 1.29 is 9.21 Å². The van der Waals surface area contributed by atoms with Gasteiger partial charge in [-0.2, -0.15) is 5.10 Å². The Morgan fingerprint density at radius 2 is 2.17 bits per heavy atom. The summed E-state index contributed by atoms with van der Waals surface area (Å²) < 4.78 is 7.17. The van der Waals surface area contributed by atoms with E-state index in [9.17, 15) is 4.79 Å². The first-order chi connectivity index (χ1) is 11.6. The molecule has 3 aromatic rings. The largest absolute Gasteiger partial charge is 0.401 e. The van der Waals surface area contributed by atoms with Gasteiger partial charge in [-0.25, -0.2) is 0 Å². The first-order valence-corrected chi connectivity index (χ1v) is 8.44. The first kappa shape index (κ1) is 16.3. The number of anilines is 1. The number of aryl methyl sites for hydroxylation is 2. The summed E-state index contributed by atoms with van der Waals surface area (Å²) in [4.78, 5) is 13.4. The van der Waals surface area contributed by atoms with Gasteiger partial charge in [0.1, 0.15) is 5.69 Å². The Morgan fingerprint density at radius 1 is 1.33 bits per heavy atom. The minimum absolute atomic E-state index is 0.0578. The molecule has 1 aromatic carbocycles. The van der Waals surface area contributed by atoms with E-state index in [0.717, 1.165) is 16.3 Å². The quantitative estimate of drug-likeness (QED) is 0.716. The summed E-state index contributed by atoms with van der Waals surface area (Å²) in [7, 11) is 1.79. The molecule has 0 saturated heterocycles. The molecule has 0 spiro atoms. The van der Waals surface area contributed by atoms with Crippen LogP contribution in [0.2, 0.25) is 0 Å². The van der Waals surface area contributed by atoms with E-state index >= 15 is 0 Å². The fourth-order valence-corrected chi connectivity index (χ4v) is 2.97. The molecule has 0 aliphatic heterocycles. The van der Waals surface area contributed by atoms with Crippen LogP contribution >= 0.6 is 11.8 Å². The SMILES string of the molecule is CCSc1cccc(C(=O)Nc2nnc(-c3cc(C)nn3C)o2)c1. The Morgan fingerprint density at radius 3 is 2.88 bits per heavy atom. The molecule has 0 radical (unpaired) electrons. The van der Waals surface area contributed by atoms with Gasteiger partial charge in [0, 0.05) is 17.5 Å². The summed E-state index contributed by atoms with van der Waals surface area (Å²) in [6.07, 6.45) is 0. The highest BCUT2D eigenvalue weighted by Crippen LogP contribution is 2.22. The van der Waals surface area contributed by atoms with Crippen molar-refractivity contribution in [3.8, 4) is 11.6 Å². The monoisotopic (exact) mass is 343 g/mol. The molecule has 24 heavy (non-hydrogen) atoms. The highest BCUT2D eigenvalue weighted by atomic mass is 32.2. The number of hydrogen-bond donors (Lipinski definition) is 1. The highest BCUT2D eigenvalue weighted by molar-refractivity contribution is 7.99. The van der Waals surface area contributed by atoms with Gasteiger partial charge in [0.15, 0.2) is 0 Å². The molecule has 7 nitrogen and oxygen atoms in total. The predicted octanol–water partition coefficient (Wildman–Crippen LogP) is 3.14. The lowest BCUT2D eigenvalue weighted by molar-refractivity contribution is 0.102. The molecule has 1 N–H and O–H groups in total. The maximum absolute atomic E-state index is 12.3. The van der Waals surface area contributed by atoms with Crippen molar-refractivity contribution in [2.75, 3.05) is 11.1 Å². The van der Waals surface area contributed by atoms with Crippen LogP contribution in [0.3, 0.4) is 0 Å². The van der Waals surface area contributed by atoms with Crippen LogP contribution in [0, 0.1) is 6.92 Å². The molecule has 0 aliphatic carbocycles. The Labute approximate surface area is 143 Å². The van der Waals surface area contributed by atoms with Crippen LogP contribution in [0.15, 0.2) is 39.6 Å². The van der Waals surface area contributed by atoms with Crippen molar-refractivity contribution >= 4 is 23.7 Å². The molecule has 8 heteroatoms. The topological polar surface area (TPSA) is 85.8 Å². The molecule has 0 saturated carbocycles. The number of carbonyl (C=O) groups is 1. The second kappa shape index (κ2) is 6.88. The second-order valence-electron chi connectivity index (χ2n) is 5.12. The van der Waals surface area contributed by atoms with Crippen LogP contribution in [-0.2, 0) is 7.05 Å². The molecule has 2 heterocycles. The van der Waals surface area contributed by atoms with Crippen LogP contribution < -0.4 is 5.32 Å². The van der Waals surface area contributed by atoms with Crippen LogP contribution in [0.1, 0.15) is 23.0 Å². The molecule has 0 aliphatic rings. The molecule has 0 unspecified atom stereocenters. The maximum Gasteiger partial charge on any atom is 0.322 e. The van der Waals surface area contributed by atoms with E-state index in [1.165, 1.54) is 0 Å². The van der Waals surface area contributed by atoms with Crippen molar-refractivity contribution in [2.24, 2.45) is 7.05 Å². The second-order valence-corrected chi connectivity index (χ2v) is 6.46. The minimum atomic E-state index is -0.287. The van der Waals surface area contributed by atoms with Crippen LogP contribution in [0.5, 0.6) is 0 Å². The molecule has 3 rings (SSSR count). The van der Waals surface area contributed by atoms with Gasteiger partial charge in [-0.15, -0.1) is 16.9 Å². The molecule has 0 bridgehead atoms. The van der Waals surface area contributed by atoms with Gasteiger partial charge in [-0.3, -0.25) is 14.8 Å². The van der Waals surface area contributed by atoms with Crippen molar-refractivity contribution in [1.82, 2.24) is 20.0 Å². The number of benzene rings is 1. The smallest absolute Gasteiger partial charge is 0.322 e. The fourth-order valence-electron chi connectivity index (χ4n) is 2.25. The third-order valence-corrected chi connectivity index (χ3v) is 4.15. The molecule has 0 fully saturated rings. The van der Waals surface area contributed by atoms with Gasteiger partial charge in [-0.1, -0.05) is 18.1 Å². The maximum atomic E-state index is 12.3. The van der Waals surface area contributed by atoms with Crippen molar-refractivity contribution in [2.45, 2.75) is 18.7 Å². The third-order valence-electron chi connectivity index (χ3n) is 3.27. The van der Waals surface area contributed by atoms with E-state index in [2.05, 4.69) is 27.5 Å². The standard InChI is InChI=1S/C16H17N5O2S/c1-4-24-12-7-5-6-11(9-12)14(22)17-16-19-18-15(23-16)13-8-10(2)20-21(13)3/h5-9H,4H2,1-3H3,(H,17,19,22). The van der Waals surface area contributed by atoms with E-state index in [-0.39, 0.29) is 11.9 Å².